The number of para-hydroxylation sites is 1. The van der Waals surface area contributed by atoms with Gasteiger partial charge in [0.2, 0.25) is 0 Å². The van der Waals surface area contributed by atoms with E-state index in [0.717, 1.165) is 11.3 Å². The average molecular weight is 183 g/mol. The molecular weight excluding hydrogens is 177 g/mol. The first-order valence-corrected chi connectivity index (χ1v) is 4.26. The summed E-state index contributed by atoms with van der Waals surface area (Å²) in [5, 5.41) is 0. The van der Waals surface area contributed by atoms with Gasteiger partial charge in [0.1, 0.15) is 5.82 Å². The number of halogens is 1. The lowest BCUT2D eigenvalue weighted by Gasteiger charge is -1.93. The van der Waals surface area contributed by atoms with Gasteiger partial charge in [-0.1, -0.05) is 17.4 Å². The van der Waals surface area contributed by atoms with Crippen LogP contribution in [0.15, 0.2) is 23.0 Å². The van der Waals surface area contributed by atoms with Crippen molar-refractivity contribution >= 4 is 21.6 Å². The van der Waals surface area contributed by atoms with E-state index in [4.69, 9.17) is 0 Å². The number of aromatic nitrogens is 1. The molecule has 0 atom stereocenters. The second-order valence-corrected chi connectivity index (χ2v) is 3.51. The molecule has 12 heavy (non-hydrogen) atoms. The highest BCUT2D eigenvalue weighted by atomic mass is 32.1. The predicted octanol–water partition coefficient (Wildman–Crippen LogP) is 1.74. The third-order valence-electron chi connectivity index (χ3n) is 1.76. The van der Waals surface area contributed by atoms with E-state index in [0.29, 0.717) is 10.2 Å². The second-order valence-electron chi connectivity index (χ2n) is 2.51. The Morgan fingerprint density at radius 1 is 1.50 bits per heavy atom. The molecule has 2 nitrogen and oxygen atoms in total. The van der Waals surface area contributed by atoms with Crippen LogP contribution in [-0.4, -0.2) is 4.57 Å². The molecule has 2 rings (SSSR count). The highest BCUT2D eigenvalue weighted by molar-refractivity contribution is 7.16. The molecule has 62 valence electrons. The molecule has 0 bridgehead atoms. The van der Waals surface area contributed by atoms with E-state index in [1.807, 2.05) is 0 Å². The maximum atomic E-state index is 13.1. The average Bonchev–Trinajstić information content (AvgIpc) is 2.29. The summed E-state index contributed by atoms with van der Waals surface area (Å²) in [6.45, 7) is 0. The van der Waals surface area contributed by atoms with Gasteiger partial charge < -0.3 is 0 Å². The van der Waals surface area contributed by atoms with Crippen molar-refractivity contribution in [1.82, 2.24) is 4.57 Å². The van der Waals surface area contributed by atoms with Crippen molar-refractivity contribution in [3.05, 3.63) is 33.7 Å². The summed E-state index contributed by atoms with van der Waals surface area (Å²) in [4.78, 5) is 11.0. The Morgan fingerprint density at radius 3 is 2.92 bits per heavy atom. The topological polar surface area (TPSA) is 22.0 Å². The minimum Gasteiger partial charge on any atom is -0.299 e. The van der Waals surface area contributed by atoms with E-state index in [-0.39, 0.29) is 10.7 Å². The van der Waals surface area contributed by atoms with E-state index in [1.54, 1.807) is 19.2 Å². The molecule has 0 amide bonds. The third-order valence-corrected chi connectivity index (χ3v) is 2.75. The van der Waals surface area contributed by atoms with E-state index in [2.05, 4.69) is 0 Å². The first-order valence-electron chi connectivity index (χ1n) is 3.44. The highest BCUT2D eigenvalue weighted by Crippen LogP contribution is 2.18. The lowest BCUT2D eigenvalue weighted by molar-refractivity contribution is 0.631. The number of benzene rings is 1. The Hall–Kier alpha value is -1.16. The zero-order valence-corrected chi connectivity index (χ0v) is 7.19. The van der Waals surface area contributed by atoms with Crippen molar-refractivity contribution in [3.8, 4) is 0 Å². The SMILES string of the molecule is Cn1c(=O)sc2cccc(F)c21. The monoisotopic (exact) mass is 183 g/mol. The normalized spacial score (nSPS) is 10.8. The van der Waals surface area contributed by atoms with Crippen molar-refractivity contribution in [3.63, 3.8) is 0 Å². The summed E-state index contributed by atoms with van der Waals surface area (Å²) >= 11 is 1.06. The number of rotatable bonds is 0. The molecule has 1 aromatic heterocycles. The fourth-order valence-corrected chi connectivity index (χ4v) is 2.05. The molecule has 0 radical (unpaired) electrons. The van der Waals surface area contributed by atoms with Crippen molar-refractivity contribution < 1.29 is 4.39 Å². The Morgan fingerprint density at radius 2 is 2.25 bits per heavy atom. The van der Waals surface area contributed by atoms with Crippen LogP contribution in [0, 0.1) is 5.82 Å². The van der Waals surface area contributed by atoms with Gasteiger partial charge in [0.15, 0.2) is 0 Å². The first kappa shape index (κ1) is 7.49. The lowest BCUT2D eigenvalue weighted by Crippen LogP contribution is -2.07. The summed E-state index contributed by atoms with van der Waals surface area (Å²) in [5.74, 6) is -0.339. The summed E-state index contributed by atoms with van der Waals surface area (Å²) in [5.41, 5.74) is 0.396. The van der Waals surface area contributed by atoms with E-state index < -0.39 is 0 Å². The summed E-state index contributed by atoms with van der Waals surface area (Å²) in [6.07, 6.45) is 0. The van der Waals surface area contributed by atoms with Gasteiger partial charge in [-0.3, -0.25) is 9.36 Å². The van der Waals surface area contributed by atoms with Crippen LogP contribution in [0.25, 0.3) is 10.2 Å². The van der Waals surface area contributed by atoms with Gasteiger partial charge in [-0.2, -0.15) is 0 Å². The minimum atomic E-state index is -0.339. The van der Waals surface area contributed by atoms with Crippen LogP contribution in [0.5, 0.6) is 0 Å². The fourth-order valence-electron chi connectivity index (χ4n) is 1.16. The molecule has 1 aromatic carbocycles. The van der Waals surface area contributed by atoms with Crippen molar-refractivity contribution in [2.75, 3.05) is 0 Å². The number of hydrogen-bond acceptors (Lipinski definition) is 2. The summed E-state index contributed by atoms with van der Waals surface area (Å²) in [6, 6.07) is 4.70. The van der Waals surface area contributed by atoms with Gasteiger partial charge in [-0.25, -0.2) is 4.39 Å². The van der Waals surface area contributed by atoms with Gasteiger partial charge in [0.25, 0.3) is 0 Å². The molecule has 0 saturated heterocycles. The van der Waals surface area contributed by atoms with Gasteiger partial charge in [-0.15, -0.1) is 0 Å². The maximum Gasteiger partial charge on any atom is 0.307 e. The molecule has 0 aliphatic rings. The minimum absolute atomic E-state index is 0.130. The zero-order valence-electron chi connectivity index (χ0n) is 6.37. The van der Waals surface area contributed by atoms with Gasteiger partial charge >= 0.3 is 4.87 Å². The highest BCUT2D eigenvalue weighted by Gasteiger charge is 2.07. The standard InChI is InChI=1S/C8H6FNOS/c1-10-7-5(9)3-2-4-6(7)12-8(10)11/h2-4H,1H3. The fraction of sp³-hybridized carbons (Fsp3) is 0.125. The predicted molar refractivity (Wildman–Crippen MR) is 47.0 cm³/mol. The molecule has 0 fully saturated rings. The first-order chi connectivity index (χ1) is 5.70. The molecule has 0 saturated carbocycles. The largest absolute Gasteiger partial charge is 0.307 e. The maximum absolute atomic E-state index is 13.1. The Kier molecular flexibility index (Phi) is 1.51. The van der Waals surface area contributed by atoms with Crippen molar-refractivity contribution in [1.29, 1.82) is 0 Å². The van der Waals surface area contributed by atoms with E-state index in [1.165, 1.54) is 10.6 Å². The van der Waals surface area contributed by atoms with Gasteiger partial charge in [-0.05, 0) is 12.1 Å². The number of aryl methyl sites for hydroxylation is 1. The van der Waals surface area contributed by atoms with Crippen LogP contribution in [0.2, 0.25) is 0 Å². The lowest BCUT2D eigenvalue weighted by atomic mass is 10.3. The van der Waals surface area contributed by atoms with Gasteiger partial charge in [0, 0.05) is 7.05 Å². The number of fused-ring (bicyclic) bond motifs is 1. The van der Waals surface area contributed by atoms with Crippen LogP contribution in [0.1, 0.15) is 0 Å². The van der Waals surface area contributed by atoms with Crippen molar-refractivity contribution in [2.45, 2.75) is 0 Å². The Labute approximate surface area is 71.9 Å². The third kappa shape index (κ3) is 0.881. The molecule has 4 heteroatoms. The zero-order chi connectivity index (χ0) is 8.72. The second kappa shape index (κ2) is 2.42. The molecule has 0 aliphatic heterocycles. The quantitative estimate of drug-likeness (QED) is 0.609. The number of hydrogen-bond donors (Lipinski definition) is 0. The van der Waals surface area contributed by atoms with Crippen LogP contribution in [0.3, 0.4) is 0 Å². The molecule has 0 aliphatic carbocycles. The molecule has 1 heterocycles. The van der Waals surface area contributed by atoms with Crippen LogP contribution in [0.4, 0.5) is 4.39 Å². The molecule has 0 N–H and O–H groups in total. The van der Waals surface area contributed by atoms with Crippen LogP contribution < -0.4 is 4.87 Å². The molecule has 2 aromatic rings. The van der Waals surface area contributed by atoms with Gasteiger partial charge in [0.05, 0.1) is 10.2 Å². The van der Waals surface area contributed by atoms with Crippen LogP contribution in [-0.2, 0) is 7.05 Å². The Bertz CT molecular complexity index is 485. The molecule has 0 unspecified atom stereocenters. The van der Waals surface area contributed by atoms with Crippen LogP contribution >= 0.6 is 11.3 Å². The smallest absolute Gasteiger partial charge is 0.299 e. The summed E-state index contributed by atoms with van der Waals surface area (Å²) in [7, 11) is 1.57. The summed E-state index contributed by atoms with van der Waals surface area (Å²) < 4.78 is 15.1. The van der Waals surface area contributed by atoms with E-state index >= 15 is 0 Å². The Balaban J connectivity index is 3.07. The van der Waals surface area contributed by atoms with E-state index in [9.17, 15) is 9.18 Å². The molecule has 0 spiro atoms. The van der Waals surface area contributed by atoms with Crippen molar-refractivity contribution in [2.24, 2.45) is 7.05 Å². The molecular formula is C8H6FNOS. The number of thiazole rings is 1. The number of nitrogens with zero attached hydrogens (tertiary/aromatic N) is 1.